The molecule has 2 aliphatic heterocycles. The second kappa shape index (κ2) is 12.3. The van der Waals surface area contributed by atoms with E-state index >= 15 is 0 Å². The summed E-state index contributed by atoms with van der Waals surface area (Å²) < 4.78 is 0. The van der Waals surface area contributed by atoms with E-state index < -0.39 is 0 Å². The summed E-state index contributed by atoms with van der Waals surface area (Å²) in [7, 11) is 0. The van der Waals surface area contributed by atoms with E-state index in [-0.39, 0.29) is 5.91 Å². The van der Waals surface area contributed by atoms with E-state index in [1.165, 1.54) is 0 Å². The Balaban J connectivity index is 0.00000166. The molecule has 2 aliphatic rings. The van der Waals surface area contributed by atoms with Crippen molar-refractivity contribution in [1.82, 2.24) is 24.7 Å². The minimum absolute atomic E-state index is 0.172. The molecule has 3 heterocycles. The molecule has 0 saturated carbocycles. The molecule has 0 radical (unpaired) electrons. The molecule has 2 unspecified atom stereocenters. The van der Waals surface area contributed by atoms with Crippen LogP contribution in [0.15, 0.2) is 12.4 Å². The average molecular weight is 433 g/mol. The maximum Gasteiger partial charge on any atom is 0.225 e. The highest BCUT2D eigenvalue weighted by atomic mass is 16.2. The van der Waals surface area contributed by atoms with E-state index in [1.807, 2.05) is 31.1 Å². The molecule has 7 nitrogen and oxygen atoms in total. The quantitative estimate of drug-likeness (QED) is 0.688. The Morgan fingerprint density at radius 3 is 1.94 bits per heavy atom. The number of amides is 1. The lowest BCUT2D eigenvalue weighted by atomic mass is 10.0. The number of carbonyl (C=O) groups is 1. The molecule has 1 aromatic rings. The van der Waals surface area contributed by atoms with Crippen LogP contribution < -0.4 is 4.90 Å². The molecule has 2 atom stereocenters. The van der Waals surface area contributed by atoms with Crippen LogP contribution in [0.5, 0.6) is 0 Å². The molecule has 0 aromatic carbocycles. The molecule has 7 heteroatoms. The smallest absolute Gasteiger partial charge is 0.225 e. The second-order valence-corrected chi connectivity index (χ2v) is 8.75. The van der Waals surface area contributed by atoms with Gasteiger partial charge >= 0.3 is 0 Å². The summed E-state index contributed by atoms with van der Waals surface area (Å²) in [6.07, 6.45) is 6.19. The van der Waals surface area contributed by atoms with Gasteiger partial charge in [-0.15, -0.1) is 0 Å². The molecule has 0 spiro atoms. The van der Waals surface area contributed by atoms with E-state index in [0.717, 1.165) is 70.2 Å². The van der Waals surface area contributed by atoms with E-state index in [2.05, 4.69) is 42.4 Å². The van der Waals surface area contributed by atoms with Gasteiger partial charge in [0.15, 0.2) is 0 Å². The van der Waals surface area contributed by atoms with Crippen molar-refractivity contribution >= 4 is 11.9 Å². The summed E-state index contributed by atoms with van der Waals surface area (Å²) in [6.45, 7) is 21.2. The van der Waals surface area contributed by atoms with Gasteiger partial charge in [-0.05, 0) is 26.7 Å². The Morgan fingerprint density at radius 2 is 1.52 bits per heavy atom. The normalized spacial score (nSPS) is 23.0. The molecular formula is C24H44N6O. The Labute approximate surface area is 189 Å². The summed E-state index contributed by atoms with van der Waals surface area (Å²) in [5.41, 5.74) is 1.15. The minimum Gasteiger partial charge on any atom is -0.340 e. The van der Waals surface area contributed by atoms with Crippen molar-refractivity contribution in [3.63, 3.8) is 0 Å². The number of hydrogen-bond acceptors (Lipinski definition) is 6. The van der Waals surface area contributed by atoms with Crippen LogP contribution in [-0.4, -0.2) is 88.0 Å². The third-order valence-corrected chi connectivity index (χ3v) is 6.50. The third-order valence-electron chi connectivity index (χ3n) is 6.50. The first-order valence-corrected chi connectivity index (χ1v) is 12.2. The molecular weight excluding hydrogens is 388 g/mol. The molecule has 0 bridgehead atoms. The van der Waals surface area contributed by atoms with Crippen LogP contribution in [0.3, 0.4) is 0 Å². The van der Waals surface area contributed by atoms with Crippen molar-refractivity contribution in [2.75, 3.05) is 44.2 Å². The van der Waals surface area contributed by atoms with Gasteiger partial charge in [0.25, 0.3) is 0 Å². The summed E-state index contributed by atoms with van der Waals surface area (Å²) in [5, 5.41) is 0. The lowest BCUT2D eigenvalue weighted by Crippen LogP contribution is -2.60. The maximum atomic E-state index is 11.5. The summed E-state index contributed by atoms with van der Waals surface area (Å²) in [5.74, 6) is 1.04. The fraction of sp³-hybridized carbons (Fsp3) is 0.792. The number of nitrogens with zero attached hydrogens (tertiary/aromatic N) is 6. The first-order valence-electron chi connectivity index (χ1n) is 12.2. The van der Waals surface area contributed by atoms with Crippen LogP contribution in [0.1, 0.15) is 66.9 Å². The van der Waals surface area contributed by atoms with Gasteiger partial charge in [-0.1, -0.05) is 27.7 Å². The highest BCUT2D eigenvalue weighted by molar-refractivity contribution is 5.73. The van der Waals surface area contributed by atoms with Crippen LogP contribution in [0.25, 0.3) is 0 Å². The van der Waals surface area contributed by atoms with Gasteiger partial charge in [0.1, 0.15) is 0 Å². The zero-order chi connectivity index (χ0) is 23.0. The third kappa shape index (κ3) is 6.62. The van der Waals surface area contributed by atoms with E-state index in [1.54, 1.807) is 6.92 Å². The predicted molar refractivity (Wildman–Crippen MR) is 128 cm³/mol. The molecule has 1 amide bonds. The van der Waals surface area contributed by atoms with E-state index in [0.29, 0.717) is 18.1 Å². The number of hydrogen-bond donors (Lipinski definition) is 0. The van der Waals surface area contributed by atoms with Gasteiger partial charge in [-0.2, -0.15) is 0 Å². The van der Waals surface area contributed by atoms with Crippen LogP contribution in [0, 0.1) is 0 Å². The summed E-state index contributed by atoms with van der Waals surface area (Å²) in [6, 6.07) is 1.50. The van der Waals surface area contributed by atoms with Gasteiger partial charge in [0.05, 0.1) is 0 Å². The Morgan fingerprint density at radius 1 is 1.00 bits per heavy atom. The number of carbonyl (C=O) groups excluding carboxylic acids is 1. The molecule has 3 rings (SSSR count). The van der Waals surface area contributed by atoms with Crippen LogP contribution in [0.4, 0.5) is 5.95 Å². The molecule has 1 aromatic heterocycles. The van der Waals surface area contributed by atoms with Gasteiger partial charge in [0.2, 0.25) is 11.9 Å². The van der Waals surface area contributed by atoms with Crippen molar-refractivity contribution in [1.29, 1.82) is 0 Å². The second-order valence-electron chi connectivity index (χ2n) is 8.75. The highest BCUT2D eigenvalue weighted by Gasteiger charge is 2.35. The lowest BCUT2D eigenvalue weighted by Gasteiger charge is -2.48. The van der Waals surface area contributed by atoms with Gasteiger partial charge in [0, 0.05) is 88.8 Å². The fourth-order valence-electron chi connectivity index (χ4n) is 4.53. The maximum absolute atomic E-state index is 11.5. The van der Waals surface area contributed by atoms with E-state index in [9.17, 15) is 4.79 Å². The average Bonchev–Trinajstić information content (AvgIpc) is 2.80. The van der Waals surface area contributed by atoms with Gasteiger partial charge < -0.3 is 9.80 Å². The number of anilines is 1. The largest absolute Gasteiger partial charge is 0.340 e. The van der Waals surface area contributed by atoms with Crippen molar-refractivity contribution in [2.45, 2.75) is 86.0 Å². The first kappa shape index (κ1) is 25.5. The van der Waals surface area contributed by atoms with Crippen LogP contribution in [0.2, 0.25) is 0 Å². The SMILES string of the molecule is CC.CCC1CN(C(C)C)CC(CC)N1c1ncc(CN2CCN(C(C)=O)CC2)cn1. The van der Waals surface area contributed by atoms with Crippen molar-refractivity contribution in [3.05, 3.63) is 18.0 Å². The van der Waals surface area contributed by atoms with Crippen molar-refractivity contribution in [2.24, 2.45) is 0 Å². The highest BCUT2D eigenvalue weighted by Crippen LogP contribution is 2.26. The number of aromatic nitrogens is 2. The topological polar surface area (TPSA) is 55.8 Å². The molecule has 0 N–H and O–H groups in total. The standard InChI is InChI=1S/C22H38N6O.C2H6/c1-6-20-15-27(17(3)4)16-21(7-2)28(20)22-23-12-19(13-24-22)14-25-8-10-26(11-9-25)18(5)29;1-2/h12-13,17,20-21H,6-11,14-16H2,1-5H3;1-2H3. The molecule has 0 aliphatic carbocycles. The van der Waals surface area contributed by atoms with Crippen LogP contribution >= 0.6 is 0 Å². The number of piperazine rings is 2. The lowest BCUT2D eigenvalue weighted by molar-refractivity contribution is -0.130. The Bertz CT molecular complexity index is 643. The van der Waals surface area contributed by atoms with Crippen molar-refractivity contribution in [3.8, 4) is 0 Å². The molecule has 2 saturated heterocycles. The van der Waals surface area contributed by atoms with Gasteiger partial charge in [-0.25, -0.2) is 9.97 Å². The van der Waals surface area contributed by atoms with E-state index in [4.69, 9.17) is 9.97 Å². The molecule has 31 heavy (non-hydrogen) atoms. The summed E-state index contributed by atoms with van der Waals surface area (Å²) in [4.78, 5) is 30.4. The molecule has 176 valence electrons. The van der Waals surface area contributed by atoms with Gasteiger partial charge in [-0.3, -0.25) is 14.6 Å². The minimum atomic E-state index is 0.172. The zero-order valence-corrected chi connectivity index (χ0v) is 20.8. The Hall–Kier alpha value is -1.73. The van der Waals surface area contributed by atoms with Crippen LogP contribution in [-0.2, 0) is 11.3 Å². The van der Waals surface area contributed by atoms with Crippen molar-refractivity contribution < 1.29 is 4.79 Å². The Kier molecular flexibility index (Phi) is 10.2. The fourth-order valence-corrected chi connectivity index (χ4v) is 4.53. The monoisotopic (exact) mass is 432 g/mol. The zero-order valence-electron chi connectivity index (χ0n) is 20.8. The summed E-state index contributed by atoms with van der Waals surface area (Å²) >= 11 is 0. The molecule has 2 fully saturated rings. The predicted octanol–water partition coefficient (Wildman–Crippen LogP) is 3.25. The number of rotatable bonds is 6. The first-order chi connectivity index (χ1) is 14.9.